The maximum Gasteiger partial charge on any atom is 0.326 e. The van der Waals surface area contributed by atoms with Gasteiger partial charge in [-0.3, -0.25) is 38.9 Å². The van der Waals surface area contributed by atoms with Crippen molar-refractivity contribution in [2.24, 2.45) is 5.73 Å². The monoisotopic (exact) mass is 1050 g/mol. The molecule has 0 aliphatic rings. The number of hydrogen-bond donors (Lipinski definition) is 10. The van der Waals surface area contributed by atoms with Gasteiger partial charge in [0.1, 0.15) is 25.0 Å². The minimum absolute atomic E-state index is 0.0389. The highest BCUT2D eigenvalue weighted by Crippen LogP contribution is 2.15. The molecule has 0 saturated heterocycles. The predicted octanol–water partition coefficient (Wildman–Crippen LogP) is 2.80. The van der Waals surface area contributed by atoms with Gasteiger partial charge in [0, 0.05) is 38.9 Å². The SMILES string of the molecule is CN[C@@H](CCCCNC(=O)COCCOCCNC(=O)COCCOCCNC(=O)CC[C@H](NC(=O)CCCCCCCCCCCCCCCCC(=O)O)C(=O)O)C(=O)CN[C@H](Cc1ccc(O)cc1)C(N)=O. The van der Waals surface area contributed by atoms with Crippen molar-refractivity contribution in [2.45, 2.75) is 159 Å². The molecule has 0 fully saturated rings. The number of carboxylic acids is 2. The predicted molar refractivity (Wildman–Crippen MR) is 277 cm³/mol. The van der Waals surface area contributed by atoms with E-state index in [1.165, 1.54) is 50.7 Å². The summed E-state index contributed by atoms with van der Waals surface area (Å²) in [6, 6.07) is 4.06. The summed E-state index contributed by atoms with van der Waals surface area (Å²) in [6.07, 6.45) is 17.5. The van der Waals surface area contributed by atoms with Crippen LogP contribution in [0, 0.1) is 0 Å². The molecule has 0 saturated carbocycles. The maximum atomic E-state index is 12.8. The number of likely N-dealkylation sites (N-methyl/N-ethyl adjacent to an activating group) is 1. The third-order valence-electron chi connectivity index (χ3n) is 11.9. The Morgan fingerprint density at radius 1 is 0.514 bits per heavy atom. The second-order valence-electron chi connectivity index (χ2n) is 18.2. The van der Waals surface area contributed by atoms with Gasteiger partial charge in [-0.15, -0.1) is 0 Å². The minimum Gasteiger partial charge on any atom is -0.508 e. The number of carbonyl (C=O) groups excluding carboxylic acids is 6. The van der Waals surface area contributed by atoms with E-state index in [-0.39, 0.29) is 140 Å². The standard InChI is InChI=1S/C52H89N7O15/c1-54-42(45(61)37-58-44(51(53)68)36-40-21-23-41(60)24-22-40)18-16-17-27-55-48(64)38-73-34-33-72-31-29-57-49(65)39-74-35-32-71-30-28-56-46(62)26-25-43(52(69)70)59-47(63)19-14-12-10-8-6-4-2-3-5-7-9-11-13-15-20-50(66)67/h21-24,42-44,54,58,60H,2-20,25-39H2,1H3,(H2,53,68)(H,55,64)(H,56,62)(H,57,65)(H,59,63)(H,66,67)(H,69,70)/t42-,43-,44+/m0/s1. The van der Waals surface area contributed by atoms with E-state index < -0.39 is 36.0 Å². The Balaban J connectivity index is 1.95. The zero-order chi connectivity index (χ0) is 54.4. The van der Waals surface area contributed by atoms with Gasteiger partial charge in [-0.2, -0.15) is 0 Å². The first-order chi connectivity index (χ1) is 35.7. The van der Waals surface area contributed by atoms with Crippen molar-refractivity contribution in [1.29, 1.82) is 0 Å². The van der Waals surface area contributed by atoms with Gasteiger partial charge in [0.2, 0.25) is 29.5 Å². The number of ketones is 1. The van der Waals surface area contributed by atoms with Crippen molar-refractivity contribution in [3.05, 3.63) is 29.8 Å². The molecule has 74 heavy (non-hydrogen) atoms. The second-order valence-corrected chi connectivity index (χ2v) is 18.2. The van der Waals surface area contributed by atoms with E-state index >= 15 is 0 Å². The number of Topliss-reactive ketones (excluding diaryl/α,β-unsaturated/α-hetero) is 1. The molecule has 0 spiro atoms. The number of unbranched alkanes of at least 4 members (excludes halogenated alkanes) is 14. The molecular weight excluding hydrogens is 963 g/mol. The summed E-state index contributed by atoms with van der Waals surface area (Å²) in [6.45, 7) is 1.61. The molecule has 1 aromatic carbocycles. The fraction of sp³-hybridized carbons (Fsp3) is 0.731. The highest BCUT2D eigenvalue weighted by molar-refractivity contribution is 5.87. The summed E-state index contributed by atoms with van der Waals surface area (Å²) in [4.78, 5) is 95.7. The van der Waals surface area contributed by atoms with Crippen LogP contribution in [0.25, 0.3) is 0 Å². The number of aliphatic carboxylic acids is 2. The van der Waals surface area contributed by atoms with Crippen LogP contribution in [0.4, 0.5) is 0 Å². The minimum atomic E-state index is -1.19. The first-order valence-electron chi connectivity index (χ1n) is 26.6. The van der Waals surface area contributed by atoms with Gasteiger partial charge in [0.25, 0.3) is 0 Å². The number of phenols is 1. The number of aromatic hydroxyl groups is 1. The van der Waals surface area contributed by atoms with Crippen LogP contribution in [0.5, 0.6) is 5.75 Å². The molecule has 0 aromatic heterocycles. The van der Waals surface area contributed by atoms with E-state index in [0.717, 1.165) is 50.5 Å². The van der Waals surface area contributed by atoms with E-state index in [9.17, 15) is 48.6 Å². The number of nitrogens with one attached hydrogen (secondary N) is 6. The number of phenolic OH excluding ortho intramolecular Hbond substituents is 1. The van der Waals surface area contributed by atoms with Crippen molar-refractivity contribution in [2.75, 3.05) is 86.1 Å². The lowest BCUT2D eigenvalue weighted by Gasteiger charge is -2.19. The molecule has 11 N–H and O–H groups in total. The molecular formula is C52H89N7O15. The van der Waals surface area contributed by atoms with Crippen LogP contribution < -0.4 is 37.6 Å². The zero-order valence-electron chi connectivity index (χ0n) is 43.9. The number of nitrogens with two attached hydrogens (primary N) is 1. The van der Waals surface area contributed by atoms with Crippen LogP contribution in [-0.4, -0.2) is 167 Å². The molecule has 422 valence electrons. The summed E-state index contributed by atoms with van der Waals surface area (Å²) in [5, 5.41) is 44.2. The maximum absolute atomic E-state index is 12.8. The topological polar surface area (TPSA) is 332 Å². The molecule has 0 bridgehead atoms. The van der Waals surface area contributed by atoms with Crippen LogP contribution in [0.1, 0.15) is 140 Å². The molecule has 0 unspecified atom stereocenters. The van der Waals surface area contributed by atoms with Gasteiger partial charge in [0.15, 0.2) is 5.78 Å². The van der Waals surface area contributed by atoms with E-state index in [0.29, 0.717) is 32.2 Å². The van der Waals surface area contributed by atoms with Crippen LogP contribution in [-0.2, 0) is 63.7 Å². The van der Waals surface area contributed by atoms with Crippen LogP contribution >= 0.6 is 0 Å². The number of carboxylic acid groups (broad SMARTS) is 2. The Labute approximate surface area is 437 Å². The number of ether oxygens (including phenoxy) is 4. The fourth-order valence-corrected chi connectivity index (χ4v) is 7.62. The van der Waals surface area contributed by atoms with Crippen LogP contribution in [0.3, 0.4) is 0 Å². The molecule has 5 amide bonds. The van der Waals surface area contributed by atoms with E-state index in [1.807, 2.05) is 0 Å². The van der Waals surface area contributed by atoms with Crippen molar-refractivity contribution >= 4 is 47.3 Å². The lowest BCUT2D eigenvalue weighted by Crippen LogP contribution is -2.48. The van der Waals surface area contributed by atoms with E-state index in [4.69, 9.17) is 29.8 Å². The average molecular weight is 1050 g/mol. The molecule has 22 nitrogen and oxygen atoms in total. The van der Waals surface area contributed by atoms with Crippen LogP contribution in [0.15, 0.2) is 24.3 Å². The van der Waals surface area contributed by atoms with Gasteiger partial charge >= 0.3 is 11.9 Å². The Bertz CT molecular complexity index is 1720. The number of rotatable bonds is 51. The molecule has 0 aliphatic carbocycles. The Morgan fingerprint density at radius 2 is 1.00 bits per heavy atom. The highest BCUT2D eigenvalue weighted by atomic mass is 16.5. The number of carbonyl (C=O) groups is 8. The Kier molecular flexibility index (Phi) is 40.7. The third-order valence-corrected chi connectivity index (χ3v) is 11.9. The summed E-state index contributed by atoms with van der Waals surface area (Å²) >= 11 is 0. The largest absolute Gasteiger partial charge is 0.508 e. The number of hydrogen-bond acceptors (Lipinski definition) is 15. The molecule has 22 heteroatoms. The molecule has 0 aliphatic heterocycles. The summed E-state index contributed by atoms with van der Waals surface area (Å²) in [5.74, 6) is -3.83. The van der Waals surface area contributed by atoms with E-state index in [1.54, 1.807) is 19.2 Å². The zero-order valence-corrected chi connectivity index (χ0v) is 43.9. The molecule has 0 radical (unpaired) electrons. The van der Waals surface area contributed by atoms with Crippen LogP contribution in [0.2, 0.25) is 0 Å². The third kappa shape index (κ3) is 39.2. The molecule has 0 heterocycles. The number of benzene rings is 1. The lowest BCUT2D eigenvalue weighted by atomic mass is 10.0. The number of amides is 5. The average Bonchev–Trinajstić information content (AvgIpc) is 3.36. The molecule has 3 atom stereocenters. The first-order valence-corrected chi connectivity index (χ1v) is 26.6. The van der Waals surface area contributed by atoms with Crippen molar-refractivity contribution in [1.82, 2.24) is 31.9 Å². The Morgan fingerprint density at radius 3 is 1.50 bits per heavy atom. The normalized spacial score (nSPS) is 12.3. The second kappa shape index (κ2) is 45.2. The van der Waals surface area contributed by atoms with Gasteiger partial charge in [-0.05, 0) is 69.7 Å². The van der Waals surface area contributed by atoms with Gasteiger partial charge < -0.3 is 66.6 Å². The summed E-state index contributed by atoms with van der Waals surface area (Å²) in [7, 11) is 1.68. The van der Waals surface area contributed by atoms with Crippen molar-refractivity contribution in [3.63, 3.8) is 0 Å². The molecule has 1 aromatic rings. The lowest BCUT2D eigenvalue weighted by molar-refractivity contribution is -0.142. The smallest absolute Gasteiger partial charge is 0.326 e. The highest BCUT2D eigenvalue weighted by Gasteiger charge is 2.22. The first kappa shape index (κ1) is 66.8. The van der Waals surface area contributed by atoms with Gasteiger partial charge in [-0.1, -0.05) is 89.2 Å². The van der Waals surface area contributed by atoms with Crippen molar-refractivity contribution in [3.8, 4) is 5.75 Å². The van der Waals surface area contributed by atoms with Gasteiger partial charge in [0.05, 0.1) is 58.3 Å². The van der Waals surface area contributed by atoms with Gasteiger partial charge in [-0.25, -0.2) is 4.79 Å². The van der Waals surface area contributed by atoms with Crippen molar-refractivity contribution < 1.29 is 72.6 Å². The molecule has 1 rings (SSSR count). The quantitative estimate of drug-likeness (QED) is 0.0420. The Hall–Kier alpha value is -5.26. The van der Waals surface area contributed by atoms with E-state index in [2.05, 4.69) is 31.9 Å². The summed E-state index contributed by atoms with van der Waals surface area (Å²) in [5.41, 5.74) is 6.31. The summed E-state index contributed by atoms with van der Waals surface area (Å²) < 4.78 is 21.5. The number of primary amides is 1. The fourth-order valence-electron chi connectivity index (χ4n) is 7.62.